The highest BCUT2D eigenvalue weighted by molar-refractivity contribution is 5.78. The number of benzene rings is 1. The summed E-state index contributed by atoms with van der Waals surface area (Å²) in [6, 6.07) is 0.356. The predicted octanol–water partition coefficient (Wildman–Crippen LogP) is 4.09. The number of aromatic amines is 1. The summed E-state index contributed by atoms with van der Waals surface area (Å²) in [7, 11) is 0. The second-order valence-electron chi connectivity index (χ2n) is 7.29. The monoisotopic (exact) mass is 450 g/mol. The van der Waals surface area contributed by atoms with E-state index < -0.39 is 58.8 Å². The van der Waals surface area contributed by atoms with E-state index in [-0.39, 0.29) is 17.1 Å². The predicted molar refractivity (Wildman–Crippen MR) is 91.8 cm³/mol. The van der Waals surface area contributed by atoms with E-state index >= 15 is 0 Å². The minimum Gasteiger partial charge on any atom is -0.480 e. The largest absolute Gasteiger partial charge is 0.480 e. The molecule has 31 heavy (non-hydrogen) atoms. The summed E-state index contributed by atoms with van der Waals surface area (Å²) in [4.78, 5) is 17.8. The minimum atomic E-state index is -4.92. The van der Waals surface area contributed by atoms with Gasteiger partial charge in [0.25, 0.3) is 11.6 Å². The first kappa shape index (κ1) is 21.1. The highest BCUT2D eigenvalue weighted by Gasteiger charge is 2.40. The van der Waals surface area contributed by atoms with Gasteiger partial charge in [-0.3, -0.25) is 9.78 Å². The van der Waals surface area contributed by atoms with Crippen molar-refractivity contribution in [1.29, 1.82) is 0 Å². The molecular weight excluding hydrogens is 437 g/mol. The molecule has 0 saturated heterocycles. The first-order valence-electron chi connectivity index (χ1n) is 8.99. The maximum absolute atomic E-state index is 14.2. The molecule has 2 N–H and O–H groups in total. The topological polar surface area (TPSA) is 83.8 Å². The lowest BCUT2D eigenvalue weighted by molar-refractivity contribution is -0.140. The van der Waals surface area contributed by atoms with Gasteiger partial charge in [0.15, 0.2) is 5.65 Å². The molecule has 1 aliphatic rings. The quantitative estimate of drug-likeness (QED) is 0.587. The average molecular weight is 450 g/mol. The van der Waals surface area contributed by atoms with Crippen LogP contribution < -0.4 is 5.56 Å². The molecule has 3 aromatic rings. The lowest BCUT2D eigenvalue weighted by Crippen LogP contribution is -2.18. The zero-order valence-corrected chi connectivity index (χ0v) is 15.4. The summed E-state index contributed by atoms with van der Waals surface area (Å²) in [5, 5.41) is 13.0. The Kier molecular flexibility index (Phi) is 4.74. The summed E-state index contributed by atoms with van der Waals surface area (Å²) in [6.07, 6.45) is -10.1. The lowest BCUT2D eigenvalue weighted by atomic mass is 10.0. The van der Waals surface area contributed by atoms with E-state index in [1.54, 1.807) is 0 Å². The number of H-pyrrole nitrogens is 1. The van der Waals surface area contributed by atoms with Gasteiger partial charge < -0.3 is 5.11 Å². The standard InChI is InChI=1S/C18H13F7N4O2/c19-10-5-8(3-4-9(10)18(23,24)25)13(7-1-2-7)29-14-12(15(30)27-16(31)26-14)11(28-29)6-17(20,21)22/h3-5,7,13H,1-2,6H2,(H2,26,27,30,31). The van der Waals surface area contributed by atoms with Crippen molar-refractivity contribution in [2.75, 3.05) is 0 Å². The van der Waals surface area contributed by atoms with Crippen molar-refractivity contribution in [2.24, 2.45) is 5.92 Å². The summed E-state index contributed by atoms with van der Waals surface area (Å²) in [5.41, 5.74) is -3.55. The molecule has 0 amide bonds. The van der Waals surface area contributed by atoms with Crippen LogP contribution in [-0.2, 0) is 12.6 Å². The molecule has 13 heteroatoms. The van der Waals surface area contributed by atoms with Crippen molar-refractivity contribution in [1.82, 2.24) is 19.7 Å². The molecule has 1 unspecified atom stereocenters. The Bertz CT molecular complexity index is 1210. The van der Waals surface area contributed by atoms with E-state index in [0.717, 1.165) is 10.7 Å². The molecule has 1 atom stereocenters. The fourth-order valence-electron chi connectivity index (χ4n) is 3.58. The number of hydrogen-bond donors (Lipinski definition) is 2. The van der Waals surface area contributed by atoms with Crippen LogP contribution >= 0.6 is 0 Å². The number of aromatic nitrogens is 4. The van der Waals surface area contributed by atoms with Gasteiger partial charge in [0.05, 0.1) is 23.7 Å². The van der Waals surface area contributed by atoms with Gasteiger partial charge in [-0.2, -0.15) is 36.4 Å². The molecule has 2 heterocycles. The number of nitrogens with zero attached hydrogens (tertiary/aromatic N) is 3. The first-order valence-corrected chi connectivity index (χ1v) is 8.99. The maximum Gasteiger partial charge on any atom is 0.419 e. The van der Waals surface area contributed by atoms with E-state index in [4.69, 9.17) is 0 Å². The Morgan fingerprint density at radius 2 is 1.87 bits per heavy atom. The van der Waals surface area contributed by atoms with E-state index in [9.17, 15) is 40.6 Å². The number of nitrogens with one attached hydrogen (secondary N) is 1. The van der Waals surface area contributed by atoms with Crippen molar-refractivity contribution in [3.8, 4) is 6.01 Å². The summed E-state index contributed by atoms with van der Waals surface area (Å²) in [5.74, 6) is -1.82. The lowest BCUT2D eigenvalue weighted by Gasteiger charge is -2.19. The Hall–Kier alpha value is -3.12. The number of rotatable bonds is 4. The van der Waals surface area contributed by atoms with E-state index in [1.165, 1.54) is 0 Å². The molecule has 1 aromatic carbocycles. The van der Waals surface area contributed by atoms with Gasteiger partial charge in [-0.05, 0) is 36.5 Å². The van der Waals surface area contributed by atoms with Crippen molar-refractivity contribution < 1.29 is 35.8 Å². The second-order valence-corrected chi connectivity index (χ2v) is 7.29. The number of alkyl halides is 6. The fraction of sp³-hybridized carbons (Fsp3) is 0.389. The molecule has 0 aliphatic heterocycles. The van der Waals surface area contributed by atoms with Crippen LogP contribution in [0.1, 0.15) is 35.7 Å². The Balaban J connectivity index is 1.91. The van der Waals surface area contributed by atoms with Crippen LogP contribution in [0.3, 0.4) is 0 Å². The number of aromatic hydroxyl groups is 1. The molecule has 166 valence electrons. The third-order valence-electron chi connectivity index (χ3n) is 4.96. The molecule has 2 aromatic heterocycles. The Morgan fingerprint density at radius 3 is 2.42 bits per heavy atom. The van der Waals surface area contributed by atoms with Crippen LogP contribution in [0.25, 0.3) is 11.0 Å². The molecule has 0 radical (unpaired) electrons. The summed E-state index contributed by atoms with van der Waals surface area (Å²) in [6.45, 7) is 0. The molecule has 6 nitrogen and oxygen atoms in total. The molecule has 4 rings (SSSR count). The van der Waals surface area contributed by atoms with Crippen LogP contribution in [0.4, 0.5) is 30.7 Å². The highest BCUT2D eigenvalue weighted by Crippen LogP contribution is 2.45. The minimum absolute atomic E-state index is 0.0255. The Labute approximate surface area is 168 Å². The third-order valence-corrected chi connectivity index (χ3v) is 4.96. The number of halogens is 7. The molecule has 1 aliphatic carbocycles. The zero-order chi connectivity index (χ0) is 22.7. The zero-order valence-electron chi connectivity index (χ0n) is 15.4. The van der Waals surface area contributed by atoms with Crippen molar-refractivity contribution in [3.63, 3.8) is 0 Å². The van der Waals surface area contributed by atoms with E-state index in [2.05, 4.69) is 10.1 Å². The molecular formula is C18H13F7N4O2. The van der Waals surface area contributed by atoms with Crippen molar-refractivity contribution in [3.05, 3.63) is 51.2 Å². The third kappa shape index (κ3) is 4.08. The molecule has 1 fully saturated rings. The second kappa shape index (κ2) is 6.95. The van der Waals surface area contributed by atoms with Crippen LogP contribution in [-0.4, -0.2) is 31.0 Å². The van der Waals surface area contributed by atoms with Gasteiger partial charge in [0.2, 0.25) is 0 Å². The maximum atomic E-state index is 14.2. The highest BCUT2D eigenvalue weighted by atomic mass is 19.4. The van der Waals surface area contributed by atoms with Crippen molar-refractivity contribution in [2.45, 2.75) is 37.7 Å². The van der Waals surface area contributed by atoms with Crippen LogP contribution in [0.5, 0.6) is 6.01 Å². The molecule has 0 spiro atoms. The van der Waals surface area contributed by atoms with Gasteiger partial charge in [-0.1, -0.05) is 6.07 Å². The van der Waals surface area contributed by atoms with Crippen LogP contribution in [0.15, 0.2) is 23.0 Å². The van der Waals surface area contributed by atoms with E-state index in [0.29, 0.717) is 25.0 Å². The van der Waals surface area contributed by atoms with Crippen LogP contribution in [0.2, 0.25) is 0 Å². The summed E-state index contributed by atoms with van der Waals surface area (Å²) >= 11 is 0. The van der Waals surface area contributed by atoms with Gasteiger partial charge >= 0.3 is 12.4 Å². The molecule has 1 saturated carbocycles. The van der Waals surface area contributed by atoms with Gasteiger partial charge in [-0.15, -0.1) is 0 Å². The number of fused-ring (bicyclic) bond motifs is 1. The average Bonchev–Trinajstić information content (AvgIpc) is 3.36. The van der Waals surface area contributed by atoms with Crippen LogP contribution in [0, 0.1) is 11.7 Å². The Morgan fingerprint density at radius 1 is 1.19 bits per heavy atom. The normalized spacial score (nSPS) is 16.1. The van der Waals surface area contributed by atoms with Gasteiger partial charge in [-0.25, -0.2) is 9.07 Å². The molecule has 0 bridgehead atoms. The summed E-state index contributed by atoms with van der Waals surface area (Å²) < 4.78 is 92.8. The fourth-order valence-corrected chi connectivity index (χ4v) is 3.58. The first-order chi connectivity index (χ1) is 14.3. The SMILES string of the molecule is O=c1[nH]c(O)nc2c1c(CC(F)(F)F)nn2C(c1ccc(C(F)(F)F)c(F)c1)C1CC1. The van der Waals surface area contributed by atoms with E-state index in [1.807, 2.05) is 4.98 Å². The van der Waals surface area contributed by atoms with Gasteiger partial charge in [0.1, 0.15) is 11.2 Å². The van der Waals surface area contributed by atoms with Gasteiger partial charge in [0, 0.05) is 0 Å². The number of hydrogen-bond acceptors (Lipinski definition) is 4. The van der Waals surface area contributed by atoms with Crippen molar-refractivity contribution >= 4 is 11.0 Å². The smallest absolute Gasteiger partial charge is 0.419 e.